The van der Waals surface area contributed by atoms with Crippen molar-refractivity contribution >= 4 is 0 Å². The second-order valence-electron chi connectivity index (χ2n) is 6.47. The van der Waals surface area contributed by atoms with Crippen molar-refractivity contribution in [3.05, 3.63) is 29.3 Å². The number of fused-ring (bicyclic) bond motifs is 1. The third-order valence-electron chi connectivity index (χ3n) is 4.91. The third kappa shape index (κ3) is 3.80. The molecule has 2 aliphatic rings. The second-order valence-corrected chi connectivity index (χ2v) is 6.47. The number of rotatable bonds is 6. The highest BCUT2D eigenvalue weighted by Crippen LogP contribution is 2.26. The molecule has 1 aromatic carbocycles. The van der Waals surface area contributed by atoms with Gasteiger partial charge < -0.3 is 14.4 Å². The number of ether oxygens (including phenoxy) is 2. The topological polar surface area (TPSA) is 24.9 Å². The first kappa shape index (κ1) is 15.8. The van der Waals surface area contributed by atoms with Crippen LogP contribution in [0.15, 0.2) is 18.2 Å². The van der Waals surface area contributed by atoms with Gasteiger partial charge in [0.1, 0.15) is 5.75 Å². The molecule has 0 saturated carbocycles. The highest BCUT2D eigenvalue weighted by Gasteiger charge is 2.20. The maximum Gasteiger partial charge on any atom is 0.122 e. The van der Waals surface area contributed by atoms with Crippen molar-refractivity contribution in [2.75, 3.05) is 53.0 Å². The van der Waals surface area contributed by atoms with Gasteiger partial charge in [-0.15, -0.1) is 0 Å². The molecule has 4 nitrogen and oxygen atoms in total. The predicted octanol–water partition coefficient (Wildman–Crippen LogP) is 1.82. The van der Waals surface area contributed by atoms with Gasteiger partial charge in [0.25, 0.3) is 0 Å². The smallest absolute Gasteiger partial charge is 0.122 e. The van der Waals surface area contributed by atoms with E-state index in [4.69, 9.17) is 9.47 Å². The molecule has 22 heavy (non-hydrogen) atoms. The SMILES string of the molecule is COCC(C)N1CCN(CCc2ccc3c(c2)CCO3)CC1. The van der Waals surface area contributed by atoms with Crippen molar-refractivity contribution < 1.29 is 9.47 Å². The lowest BCUT2D eigenvalue weighted by atomic mass is 10.1. The molecule has 1 atom stereocenters. The van der Waals surface area contributed by atoms with Crippen LogP contribution >= 0.6 is 0 Å². The summed E-state index contributed by atoms with van der Waals surface area (Å²) < 4.78 is 10.8. The maximum absolute atomic E-state index is 5.58. The normalized spacial score (nSPS) is 20.6. The molecule has 3 rings (SSSR count). The highest BCUT2D eigenvalue weighted by molar-refractivity contribution is 5.39. The predicted molar refractivity (Wildman–Crippen MR) is 88.7 cm³/mol. The molecular formula is C18H28N2O2. The van der Waals surface area contributed by atoms with Crippen LogP contribution in [-0.2, 0) is 17.6 Å². The Hall–Kier alpha value is -1.10. The molecule has 0 radical (unpaired) electrons. The van der Waals surface area contributed by atoms with E-state index in [1.165, 1.54) is 24.2 Å². The fourth-order valence-electron chi connectivity index (χ4n) is 3.46. The Bertz CT molecular complexity index is 484. The molecule has 0 amide bonds. The average Bonchev–Trinajstić information content (AvgIpc) is 3.01. The van der Waals surface area contributed by atoms with Crippen LogP contribution in [0.2, 0.25) is 0 Å². The first-order valence-electron chi connectivity index (χ1n) is 8.46. The number of hydrogen-bond acceptors (Lipinski definition) is 4. The van der Waals surface area contributed by atoms with Crippen molar-refractivity contribution in [1.29, 1.82) is 0 Å². The Kier molecular flexibility index (Phi) is 5.34. The summed E-state index contributed by atoms with van der Waals surface area (Å²) in [6.07, 6.45) is 2.21. The van der Waals surface area contributed by atoms with E-state index in [-0.39, 0.29) is 0 Å². The van der Waals surface area contributed by atoms with E-state index in [1.54, 1.807) is 7.11 Å². The molecule has 1 saturated heterocycles. The summed E-state index contributed by atoms with van der Waals surface area (Å²) in [6, 6.07) is 7.23. The molecule has 1 aromatic rings. The third-order valence-corrected chi connectivity index (χ3v) is 4.91. The fraction of sp³-hybridized carbons (Fsp3) is 0.667. The van der Waals surface area contributed by atoms with Gasteiger partial charge in [0.15, 0.2) is 0 Å². The van der Waals surface area contributed by atoms with Crippen molar-refractivity contribution in [3.63, 3.8) is 0 Å². The van der Waals surface area contributed by atoms with E-state index in [0.717, 1.165) is 51.4 Å². The van der Waals surface area contributed by atoms with E-state index in [0.29, 0.717) is 6.04 Å². The first-order chi connectivity index (χ1) is 10.8. The molecule has 122 valence electrons. The van der Waals surface area contributed by atoms with E-state index < -0.39 is 0 Å². The van der Waals surface area contributed by atoms with Gasteiger partial charge in [0, 0.05) is 52.3 Å². The first-order valence-corrected chi connectivity index (χ1v) is 8.46. The van der Waals surface area contributed by atoms with Crippen LogP contribution in [0, 0.1) is 0 Å². The van der Waals surface area contributed by atoms with Crippen LogP contribution in [0.25, 0.3) is 0 Å². The lowest BCUT2D eigenvalue weighted by molar-refractivity contribution is 0.0577. The Morgan fingerprint density at radius 2 is 2.05 bits per heavy atom. The summed E-state index contributed by atoms with van der Waals surface area (Å²) in [4.78, 5) is 5.12. The van der Waals surface area contributed by atoms with Crippen molar-refractivity contribution in [1.82, 2.24) is 9.80 Å². The number of hydrogen-bond donors (Lipinski definition) is 0. The average molecular weight is 304 g/mol. The quantitative estimate of drug-likeness (QED) is 0.800. The van der Waals surface area contributed by atoms with Crippen molar-refractivity contribution in [3.8, 4) is 5.75 Å². The Labute approximate surface area is 134 Å². The minimum Gasteiger partial charge on any atom is -0.493 e. The van der Waals surface area contributed by atoms with Gasteiger partial charge in [-0.1, -0.05) is 12.1 Å². The summed E-state index contributed by atoms with van der Waals surface area (Å²) in [5.41, 5.74) is 2.83. The minimum atomic E-state index is 0.531. The molecule has 0 aromatic heterocycles. The Morgan fingerprint density at radius 1 is 1.23 bits per heavy atom. The molecule has 1 unspecified atom stereocenters. The molecule has 4 heteroatoms. The fourth-order valence-corrected chi connectivity index (χ4v) is 3.46. The van der Waals surface area contributed by atoms with Crippen LogP contribution < -0.4 is 4.74 Å². The summed E-state index contributed by atoms with van der Waals surface area (Å²) in [6.45, 7) is 9.74. The van der Waals surface area contributed by atoms with E-state index in [1.807, 2.05) is 0 Å². The van der Waals surface area contributed by atoms with Crippen molar-refractivity contribution in [2.24, 2.45) is 0 Å². The zero-order valence-corrected chi connectivity index (χ0v) is 13.9. The molecule has 0 N–H and O–H groups in total. The molecule has 2 heterocycles. The zero-order valence-electron chi connectivity index (χ0n) is 13.9. The molecule has 0 aliphatic carbocycles. The monoisotopic (exact) mass is 304 g/mol. The minimum absolute atomic E-state index is 0.531. The highest BCUT2D eigenvalue weighted by atomic mass is 16.5. The summed E-state index contributed by atoms with van der Waals surface area (Å²) in [5, 5.41) is 0. The number of piperazine rings is 1. The van der Waals surface area contributed by atoms with Crippen LogP contribution in [0.1, 0.15) is 18.1 Å². The molecular weight excluding hydrogens is 276 g/mol. The number of methoxy groups -OCH3 is 1. The summed E-state index contributed by atoms with van der Waals surface area (Å²) in [7, 11) is 1.79. The van der Waals surface area contributed by atoms with Crippen LogP contribution in [0.3, 0.4) is 0 Å². The van der Waals surface area contributed by atoms with Gasteiger partial charge in [0.2, 0.25) is 0 Å². The Balaban J connectivity index is 1.43. The number of benzene rings is 1. The standard InChI is InChI=1S/C18H28N2O2/c1-15(14-21-2)20-10-8-19(9-11-20)7-5-16-3-4-18-17(13-16)6-12-22-18/h3-4,13,15H,5-12,14H2,1-2H3. The molecule has 0 bridgehead atoms. The maximum atomic E-state index is 5.58. The largest absolute Gasteiger partial charge is 0.493 e. The van der Waals surface area contributed by atoms with Crippen LogP contribution in [0.5, 0.6) is 5.75 Å². The zero-order chi connectivity index (χ0) is 15.4. The lowest BCUT2D eigenvalue weighted by Crippen LogP contribution is -2.50. The van der Waals surface area contributed by atoms with E-state index in [9.17, 15) is 0 Å². The van der Waals surface area contributed by atoms with Crippen molar-refractivity contribution in [2.45, 2.75) is 25.8 Å². The van der Waals surface area contributed by atoms with Crippen LogP contribution in [-0.4, -0.2) is 68.9 Å². The lowest BCUT2D eigenvalue weighted by Gasteiger charge is -2.37. The molecule has 0 spiro atoms. The molecule has 1 fully saturated rings. The summed E-state index contributed by atoms with van der Waals surface area (Å²) in [5.74, 6) is 1.09. The van der Waals surface area contributed by atoms with E-state index >= 15 is 0 Å². The van der Waals surface area contributed by atoms with Gasteiger partial charge in [-0.05, 0) is 30.5 Å². The van der Waals surface area contributed by atoms with Gasteiger partial charge >= 0.3 is 0 Å². The number of nitrogens with zero attached hydrogens (tertiary/aromatic N) is 2. The van der Waals surface area contributed by atoms with Gasteiger partial charge in [0.05, 0.1) is 13.2 Å². The molecule has 2 aliphatic heterocycles. The Morgan fingerprint density at radius 3 is 2.82 bits per heavy atom. The van der Waals surface area contributed by atoms with Gasteiger partial charge in [-0.3, -0.25) is 4.90 Å². The van der Waals surface area contributed by atoms with Gasteiger partial charge in [-0.25, -0.2) is 0 Å². The van der Waals surface area contributed by atoms with Crippen LogP contribution in [0.4, 0.5) is 0 Å². The van der Waals surface area contributed by atoms with Gasteiger partial charge in [-0.2, -0.15) is 0 Å². The summed E-state index contributed by atoms with van der Waals surface area (Å²) >= 11 is 0. The second kappa shape index (κ2) is 7.44. The van der Waals surface area contributed by atoms with E-state index in [2.05, 4.69) is 34.9 Å².